The van der Waals surface area contributed by atoms with Gasteiger partial charge in [0.05, 0.1) is 24.7 Å². The van der Waals surface area contributed by atoms with Crippen LogP contribution in [0.4, 0.5) is 0 Å². The molecule has 0 saturated heterocycles. The van der Waals surface area contributed by atoms with E-state index in [-0.39, 0.29) is 11.5 Å². The van der Waals surface area contributed by atoms with E-state index in [1.54, 1.807) is 19.1 Å². The fraction of sp³-hybridized carbons (Fsp3) is 0.500. The molecule has 0 aromatic heterocycles. The van der Waals surface area contributed by atoms with Crippen molar-refractivity contribution in [3.63, 3.8) is 0 Å². The molecule has 118 valence electrons. The Labute approximate surface area is 124 Å². The van der Waals surface area contributed by atoms with Gasteiger partial charge in [0.25, 0.3) is 10.1 Å². The van der Waals surface area contributed by atoms with Crippen molar-refractivity contribution in [2.45, 2.75) is 25.7 Å². The van der Waals surface area contributed by atoms with Crippen molar-refractivity contribution in [2.75, 3.05) is 19.8 Å². The summed E-state index contributed by atoms with van der Waals surface area (Å²) in [7, 11) is -3.99. The lowest BCUT2D eigenvalue weighted by molar-refractivity contribution is -0.158. The minimum atomic E-state index is -3.99. The minimum absolute atomic E-state index is 0.00255. The summed E-state index contributed by atoms with van der Waals surface area (Å²) in [4.78, 5) is 11.7. The van der Waals surface area contributed by atoms with Crippen LogP contribution in [0.2, 0.25) is 0 Å². The maximum Gasteiger partial charge on any atom is 0.316 e. The standard InChI is InChI=1S/C14H20O6S/c1-4-19-13(16)14(3,9-15)10-20-21(17,18)12-7-5-11(2)6-8-12/h5-8,15H,4,9-10H2,1-3H3. The summed E-state index contributed by atoms with van der Waals surface area (Å²) < 4.78 is 33.8. The van der Waals surface area contributed by atoms with Gasteiger partial charge in [-0.3, -0.25) is 8.98 Å². The first-order chi connectivity index (χ1) is 9.75. The van der Waals surface area contributed by atoms with Crippen LogP contribution in [0.5, 0.6) is 0 Å². The minimum Gasteiger partial charge on any atom is -0.465 e. The van der Waals surface area contributed by atoms with Gasteiger partial charge in [0.2, 0.25) is 0 Å². The number of aliphatic hydroxyl groups is 1. The molecule has 0 fully saturated rings. The molecule has 0 radical (unpaired) electrons. The molecule has 1 aromatic rings. The van der Waals surface area contributed by atoms with Crippen LogP contribution in [0, 0.1) is 12.3 Å². The van der Waals surface area contributed by atoms with Gasteiger partial charge < -0.3 is 9.84 Å². The van der Waals surface area contributed by atoms with Gasteiger partial charge in [0.1, 0.15) is 5.41 Å². The second-order valence-electron chi connectivity index (χ2n) is 4.97. The summed E-state index contributed by atoms with van der Waals surface area (Å²) in [6.07, 6.45) is 0. The van der Waals surface area contributed by atoms with Gasteiger partial charge in [0.15, 0.2) is 0 Å². The van der Waals surface area contributed by atoms with Crippen LogP contribution in [0.3, 0.4) is 0 Å². The summed E-state index contributed by atoms with van der Waals surface area (Å²) >= 11 is 0. The highest BCUT2D eigenvalue weighted by Gasteiger charge is 2.36. The Kier molecular flexibility index (Phi) is 5.88. The second-order valence-corrected chi connectivity index (χ2v) is 6.58. The molecule has 0 aliphatic carbocycles. The summed E-state index contributed by atoms with van der Waals surface area (Å²) in [5.74, 6) is -0.702. The van der Waals surface area contributed by atoms with Crippen molar-refractivity contribution >= 4 is 16.1 Å². The highest BCUT2D eigenvalue weighted by atomic mass is 32.2. The molecule has 0 heterocycles. The lowest BCUT2D eigenvalue weighted by Gasteiger charge is -2.24. The molecular weight excluding hydrogens is 296 g/mol. The molecule has 1 atom stereocenters. The number of aryl methyl sites for hydroxylation is 1. The molecule has 6 nitrogen and oxygen atoms in total. The third-order valence-electron chi connectivity index (χ3n) is 2.96. The number of rotatable bonds is 7. The van der Waals surface area contributed by atoms with Gasteiger partial charge in [0, 0.05) is 0 Å². The Morgan fingerprint density at radius 3 is 2.33 bits per heavy atom. The van der Waals surface area contributed by atoms with Crippen LogP contribution in [0.1, 0.15) is 19.4 Å². The molecule has 21 heavy (non-hydrogen) atoms. The molecule has 0 aliphatic heterocycles. The molecule has 1 unspecified atom stereocenters. The average Bonchev–Trinajstić information content (AvgIpc) is 2.45. The third kappa shape index (κ3) is 4.52. The van der Waals surface area contributed by atoms with Crippen LogP contribution in [0.15, 0.2) is 29.2 Å². The average molecular weight is 316 g/mol. The molecule has 0 aliphatic rings. The monoisotopic (exact) mass is 316 g/mol. The third-order valence-corrected chi connectivity index (χ3v) is 4.24. The van der Waals surface area contributed by atoms with E-state index in [1.807, 2.05) is 6.92 Å². The highest BCUT2D eigenvalue weighted by Crippen LogP contribution is 2.22. The van der Waals surface area contributed by atoms with Gasteiger partial charge in [-0.2, -0.15) is 8.42 Å². The normalized spacial score (nSPS) is 14.5. The van der Waals surface area contributed by atoms with Crippen molar-refractivity contribution < 1.29 is 27.2 Å². The number of hydrogen-bond acceptors (Lipinski definition) is 6. The number of ether oxygens (including phenoxy) is 1. The fourth-order valence-corrected chi connectivity index (χ4v) is 2.48. The number of carbonyl (C=O) groups excluding carboxylic acids is 1. The maximum absolute atomic E-state index is 12.0. The Morgan fingerprint density at radius 2 is 1.86 bits per heavy atom. The SMILES string of the molecule is CCOC(=O)C(C)(CO)COS(=O)(=O)c1ccc(C)cc1. The zero-order valence-electron chi connectivity index (χ0n) is 12.3. The molecule has 0 saturated carbocycles. The molecule has 0 spiro atoms. The largest absolute Gasteiger partial charge is 0.465 e. The van der Waals surface area contributed by atoms with Gasteiger partial charge in [-0.05, 0) is 32.9 Å². The summed E-state index contributed by atoms with van der Waals surface area (Å²) in [5.41, 5.74) is -0.506. The summed E-state index contributed by atoms with van der Waals surface area (Å²) in [5, 5.41) is 9.31. The topological polar surface area (TPSA) is 89.9 Å². The van der Waals surface area contributed by atoms with Crippen molar-refractivity contribution in [2.24, 2.45) is 5.41 Å². The number of aliphatic hydroxyl groups excluding tert-OH is 1. The molecule has 0 bridgehead atoms. The van der Waals surface area contributed by atoms with E-state index in [4.69, 9.17) is 8.92 Å². The van der Waals surface area contributed by atoms with Crippen LogP contribution in [-0.2, 0) is 23.8 Å². The predicted molar refractivity (Wildman–Crippen MR) is 76.1 cm³/mol. The Bertz CT molecular complexity index is 578. The van der Waals surface area contributed by atoms with Crippen LogP contribution in [-0.4, -0.2) is 39.3 Å². The zero-order valence-corrected chi connectivity index (χ0v) is 13.1. The lowest BCUT2D eigenvalue weighted by atomic mass is 9.93. The molecule has 7 heteroatoms. The van der Waals surface area contributed by atoms with Gasteiger partial charge in [-0.25, -0.2) is 0 Å². The van der Waals surface area contributed by atoms with Crippen LogP contribution < -0.4 is 0 Å². The van der Waals surface area contributed by atoms with E-state index >= 15 is 0 Å². The van der Waals surface area contributed by atoms with Gasteiger partial charge in [-0.1, -0.05) is 17.7 Å². The molecule has 1 N–H and O–H groups in total. The van der Waals surface area contributed by atoms with E-state index in [0.29, 0.717) is 0 Å². The van der Waals surface area contributed by atoms with E-state index in [1.165, 1.54) is 19.1 Å². The van der Waals surface area contributed by atoms with Crippen molar-refractivity contribution in [1.29, 1.82) is 0 Å². The van der Waals surface area contributed by atoms with Crippen molar-refractivity contribution in [3.8, 4) is 0 Å². The molecular formula is C14H20O6S. The fourth-order valence-electron chi connectivity index (χ4n) is 1.46. The first kappa shape index (κ1) is 17.6. The van der Waals surface area contributed by atoms with Crippen LogP contribution >= 0.6 is 0 Å². The van der Waals surface area contributed by atoms with Gasteiger partial charge in [-0.15, -0.1) is 0 Å². The highest BCUT2D eigenvalue weighted by molar-refractivity contribution is 7.86. The van der Waals surface area contributed by atoms with Crippen molar-refractivity contribution in [1.82, 2.24) is 0 Å². The summed E-state index contributed by atoms with van der Waals surface area (Å²) in [6, 6.07) is 6.14. The number of benzene rings is 1. The summed E-state index contributed by atoms with van der Waals surface area (Å²) in [6.45, 7) is 3.92. The zero-order chi connectivity index (χ0) is 16.1. The molecule has 1 aromatic carbocycles. The van der Waals surface area contributed by atoms with Gasteiger partial charge >= 0.3 is 5.97 Å². The predicted octanol–water partition coefficient (Wildman–Crippen LogP) is 1.26. The Hall–Kier alpha value is -1.44. The second kappa shape index (κ2) is 7.02. The Morgan fingerprint density at radius 1 is 1.29 bits per heavy atom. The van der Waals surface area contributed by atoms with E-state index in [9.17, 15) is 18.3 Å². The first-order valence-corrected chi connectivity index (χ1v) is 7.90. The Balaban J connectivity index is 2.84. The lowest BCUT2D eigenvalue weighted by Crippen LogP contribution is -2.38. The first-order valence-electron chi connectivity index (χ1n) is 6.49. The quantitative estimate of drug-likeness (QED) is 0.602. The van der Waals surface area contributed by atoms with E-state index in [2.05, 4.69) is 0 Å². The van der Waals surface area contributed by atoms with E-state index < -0.39 is 34.7 Å². The molecule has 1 rings (SSSR count). The number of hydrogen-bond donors (Lipinski definition) is 1. The molecule has 0 amide bonds. The number of esters is 1. The maximum atomic E-state index is 12.0. The van der Waals surface area contributed by atoms with E-state index in [0.717, 1.165) is 5.56 Å². The number of carbonyl (C=O) groups is 1. The smallest absolute Gasteiger partial charge is 0.316 e. The van der Waals surface area contributed by atoms with Crippen LogP contribution in [0.25, 0.3) is 0 Å². The van der Waals surface area contributed by atoms with Crippen molar-refractivity contribution in [3.05, 3.63) is 29.8 Å².